The van der Waals surface area contributed by atoms with Gasteiger partial charge in [-0.05, 0) is 335 Å². The monoisotopic (exact) mass is 1830 g/mol. The van der Waals surface area contributed by atoms with Crippen LogP contribution in [-0.2, 0) is 79.3 Å². The summed E-state index contributed by atoms with van der Waals surface area (Å²) in [6, 6.07) is 65.8. The van der Waals surface area contributed by atoms with Gasteiger partial charge >= 0.3 is 0 Å². The van der Waals surface area contributed by atoms with Crippen molar-refractivity contribution in [1.82, 2.24) is 22.8 Å². The van der Waals surface area contributed by atoms with Gasteiger partial charge in [-0.15, -0.1) is 0 Å². The van der Waals surface area contributed by atoms with Gasteiger partial charge in [0.1, 0.15) is 5.76 Å². The molecule has 0 N–H and O–H groups in total. The van der Waals surface area contributed by atoms with Crippen LogP contribution in [0.4, 0.5) is 34.1 Å². The van der Waals surface area contributed by atoms with E-state index in [0.717, 1.165) is 23.7 Å². The van der Waals surface area contributed by atoms with Gasteiger partial charge in [0.2, 0.25) is 0 Å². The van der Waals surface area contributed by atoms with Gasteiger partial charge in [-0.2, -0.15) is 0 Å². The molecule has 12 nitrogen and oxygen atoms in total. The first-order chi connectivity index (χ1) is 65.3. The van der Waals surface area contributed by atoms with Crippen molar-refractivity contribution in [2.45, 2.75) is 348 Å². The van der Waals surface area contributed by atoms with Crippen LogP contribution < -0.4 is 29.4 Å². The summed E-state index contributed by atoms with van der Waals surface area (Å²) < 4.78 is 17.9. The number of fused-ring (bicyclic) bond motifs is 17. The molecule has 0 saturated heterocycles. The fraction of sp³-hybridized carbons (Fsp3) is 0.520. The smallest absolute Gasteiger partial charge is 0.134 e. The highest BCUT2D eigenvalue weighted by molar-refractivity contribution is 5.76. The van der Waals surface area contributed by atoms with Crippen LogP contribution in [0.25, 0.3) is 0 Å². The molecule has 722 valence electrons. The maximum atomic E-state index is 5.93. The minimum atomic E-state index is -0.0252. The fourth-order valence-corrected chi connectivity index (χ4v) is 33.2. The molecule has 0 radical (unpaired) electrons. The van der Waals surface area contributed by atoms with E-state index in [0.29, 0.717) is 36.3 Å². The van der Waals surface area contributed by atoms with E-state index < -0.39 is 0 Å². The van der Waals surface area contributed by atoms with Crippen LogP contribution in [0.2, 0.25) is 0 Å². The highest BCUT2D eigenvalue weighted by atomic mass is 16.3. The molecule has 7 aliphatic carbocycles. The summed E-state index contributed by atoms with van der Waals surface area (Å²) in [5.74, 6) is 4.89. The molecule has 15 aliphatic rings. The van der Waals surface area contributed by atoms with Crippen LogP contribution in [0.5, 0.6) is 0 Å². The third kappa shape index (κ3) is 12.8. The molecule has 4 bridgehead atoms. The molecule has 7 saturated carbocycles. The SMILES string of the molecule is Cc1cccc2c1N1C(C)c3ccn(C)c3C1(C)C(C)(C)C2(C)C.Cc1cccc2c1N1C(C)c3ccn(C)c3C1(C)C(C)(C)C2(C)C.Cc1ccccc1N1C(C)c2ccn(C)c2C12C1CC3CC(C1)CC2C3.Cc1ccccc1N1C(C)c2ccn(C)c2C12CCCC2.Cc1ccccc1N1C(C)c2ccn(C)c2C12CCCCC2.Cc1ccccc1N1C(C)c2ccoc2C12CCCC2. The van der Waals surface area contributed by atoms with Crippen LogP contribution in [0.1, 0.15) is 375 Å². The zero-order valence-corrected chi connectivity index (χ0v) is 88.5. The highest BCUT2D eigenvalue weighted by Gasteiger charge is 2.69. The highest BCUT2D eigenvalue weighted by Crippen LogP contribution is 2.73. The Morgan fingerprint density at radius 3 is 0.927 bits per heavy atom. The zero-order valence-electron chi connectivity index (χ0n) is 88.5. The number of para-hydroxylation sites is 6. The van der Waals surface area contributed by atoms with Crippen LogP contribution >= 0.6 is 0 Å². The first-order valence-electron chi connectivity index (χ1n) is 53.3. The van der Waals surface area contributed by atoms with E-state index in [1.807, 2.05) is 6.26 Å². The van der Waals surface area contributed by atoms with Crippen molar-refractivity contribution in [3.63, 3.8) is 0 Å². The molecule has 12 aromatic rings. The third-order valence-corrected chi connectivity index (χ3v) is 40.9. The Bertz CT molecular complexity index is 6420. The lowest BCUT2D eigenvalue weighted by molar-refractivity contribution is -0.0630. The summed E-state index contributed by atoms with van der Waals surface area (Å²) in [6.07, 6.45) is 37.4. The Morgan fingerprint density at radius 1 is 0.270 bits per heavy atom. The van der Waals surface area contributed by atoms with E-state index in [1.165, 1.54) is 239 Å². The van der Waals surface area contributed by atoms with Crippen molar-refractivity contribution in [3.05, 3.63) is 319 Å². The number of nitrogens with zero attached hydrogens (tertiary/aromatic N) is 11. The molecule has 7 fully saturated rings. The van der Waals surface area contributed by atoms with E-state index in [4.69, 9.17) is 4.42 Å². The van der Waals surface area contributed by atoms with Gasteiger partial charge in [0.05, 0.1) is 75.7 Å². The standard InChI is InChI=1S/C24H30N2.2C22H30N2.C20H26N2.C19H24N2.C18H21NO/c1-15-6-4-5-7-22(15)26-16(2)21-8-9-25(3)23(21)24(26)19-11-17-10-18(13-19)14-20(24)12-17;2*1-14-10-9-11-17-18(14)24-15(2)16-12-13-23(8)19(16)22(24,7)21(5,6)20(17,3)4;1-15-9-5-6-10-18(15)22-16(2)17-11-14-21(3)19(17)20(22)12-7-4-8-13-20;1-14-8-4-5-9-17(14)21-15(2)16-10-13-20(3)18(16)19(21)11-6-7-12-19;1-13-7-3-4-8-16(13)19-14(2)15-9-12-20-17(15)18(19)10-5-6-11-18/h4-9,16-20H,10-14H2,1-3H3;2*9-13,15H,1-8H3;5-6,9-11,14,16H,4,7-8,12-13H2,1-3H3;4-5,8-10,13,15H,6-7,11-12H2,1-3H3;3-4,7-9,12,14H,5-6,10-11H2,1-2H3. The second kappa shape index (κ2) is 33.0. The summed E-state index contributed by atoms with van der Waals surface area (Å²) >= 11 is 0. The molecule has 4 spiro atoms. The topological polar surface area (TPSA) is 57.2 Å². The summed E-state index contributed by atoms with van der Waals surface area (Å²) in [6.45, 7) is 52.3. The van der Waals surface area contributed by atoms with Gasteiger partial charge in [-0.3, -0.25) is 0 Å². The minimum absolute atomic E-state index is 0.0252. The molecule has 8 unspecified atom stereocenters. The lowest BCUT2D eigenvalue weighted by Crippen LogP contribution is -2.62. The molecule has 27 rings (SSSR count). The predicted molar refractivity (Wildman–Crippen MR) is 570 cm³/mol. The Morgan fingerprint density at radius 2 is 0.555 bits per heavy atom. The minimum Gasteiger partial charge on any atom is -0.466 e. The number of furan rings is 1. The van der Waals surface area contributed by atoms with Crippen molar-refractivity contribution >= 4 is 34.1 Å². The van der Waals surface area contributed by atoms with Crippen molar-refractivity contribution in [1.29, 1.82) is 0 Å². The largest absolute Gasteiger partial charge is 0.466 e. The van der Waals surface area contributed by atoms with Gasteiger partial charge in [0.25, 0.3) is 0 Å². The number of benzene rings is 6. The van der Waals surface area contributed by atoms with Crippen LogP contribution in [0, 0.1) is 76.0 Å². The van der Waals surface area contributed by atoms with Crippen LogP contribution in [0.3, 0.4) is 0 Å². The molecule has 14 heterocycles. The van der Waals surface area contributed by atoms with E-state index in [-0.39, 0.29) is 54.9 Å². The summed E-state index contributed by atoms with van der Waals surface area (Å²) in [5.41, 5.74) is 37.8. The zero-order chi connectivity index (χ0) is 96.6. The van der Waals surface area contributed by atoms with Gasteiger partial charge in [-0.25, -0.2) is 0 Å². The third-order valence-electron chi connectivity index (χ3n) is 40.9. The molecule has 6 aromatic heterocycles. The Kier molecular flexibility index (Phi) is 22.4. The number of hydrogen-bond donors (Lipinski definition) is 0. The second-order valence-corrected chi connectivity index (χ2v) is 48.1. The maximum Gasteiger partial charge on any atom is 0.134 e. The second-order valence-electron chi connectivity index (χ2n) is 48.1. The van der Waals surface area contributed by atoms with Crippen LogP contribution in [-0.4, -0.2) is 22.8 Å². The van der Waals surface area contributed by atoms with Crippen molar-refractivity contribution in [3.8, 4) is 0 Å². The Labute approximate surface area is 822 Å². The molecular formula is C125H161N11O. The van der Waals surface area contributed by atoms with Crippen molar-refractivity contribution in [2.24, 2.45) is 69.7 Å². The average Bonchev–Trinajstić information content (AvgIpc) is 1.49. The molecule has 8 atom stereocenters. The lowest BCUT2D eigenvalue weighted by atomic mass is 9.47. The molecule has 12 heteroatoms. The number of hydrogen-bond acceptors (Lipinski definition) is 7. The van der Waals surface area contributed by atoms with E-state index in [9.17, 15) is 0 Å². The summed E-state index contributed by atoms with van der Waals surface area (Å²) in [4.78, 5) is 16.4. The number of aromatic nitrogens is 5. The number of rotatable bonds is 4. The first-order valence-corrected chi connectivity index (χ1v) is 53.3. The molecule has 0 amide bonds. The average molecular weight is 1830 g/mol. The molecule has 137 heavy (non-hydrogen) atoms. The van der Waals surface area contributed by atoms with Gasteiger partial charge in [0, 0.05) is 145 Å². The van der Waals surface area contributed by atoms with Crippen LogP contribution in [0.15, 0.2) is 212 Å². The first kappa shape index (κ1) is 93.1. The van der Waals surface area contributed by atoms with Crippen molar-refractivity contribution in [2.75, 3.05) is 29.4 Å². The fourth-order valence-electron chi connectivity index (χ4n) is 33.2. The summed E-state index contributed by atoms with van der Waals surface area (Å²) in [5, 5.41) is 0. The Hall–Kier alpha value is -10.2. The Balaban J connectivity index is 0.0000000983. The maximum absolute atomic E-state index is 5.93. The number of anilines is 6. The van der Waals surface area contributed by atoms with E-state index >= 15 is 0 Å². The van der Waals surface area contributed by atoms with Gasteiger partial charge < -0.3 is 56.7 Å². The van der Waals surface area contributed by atoms with Crippen molar-refractivity contribution < 1.29 is 4.42 Å². The molecule has 6 aromatic carbocycles. The van der Waals surface area contributed by atoms with E-state index in [2.05, 4.69) is 441 Å². The normalized spacial score (nSPS) is 28.4. The summed E-state index contributed by atoms with van der Waals surface area (Å²) in [7, 11) is 11.1. The molecule has 8 aliphatic heterocycles. The van der Waals surface area contributed by atoms with Gasteiger partial charge in [-0.1, -0.05) is 210 Å². The van der Waals surface area contributed by atoms with E-state index in [1.54, 1.807) is 22.6 Å². The number of aryl methyl sites for hydroxylation is 11. The quantitative estimate of drug-likeness (QED) is 0.174. The molecular weight excluding hydrogens is 1670 g/mol. The van der Waals surface area contributed by atoms with Gasteiger partial charge in [0.15, 0.2) is 0 Å². The predicted octanol–water partition coefficient (Wildman–Crippen LogP) is 31.2. The lowest BCUT2D eigenvalue weighted by Gasteiger charge is -2.64.